The lowest BCUT2D eigenvalue weighted by Crippen LogP contribution is -2.26. The summed E-state index contributed by atoms with van der Waals surface area (Å²) < 4.78 is 0. The molecule has 0 aliphatic carbocycles. The number of amides is 1. The van der Waals surface area contributed by atoms with Crippen molar-refractivity contribution in [2.75, 3.05) is 11.4 Å². The molecule has 1 saturated heterocycles. The highest BCUT2D eigenvalue weighted by molar-refractivity contribution is 5.95. The largest absolute Gasteiger partial charge is 0.391 e. The molecule has 1 aromatic heterocycles. The highest BCUT2D eigenvalue weighted by Gasteiger charge is 2.32. The third kappa shape index (κ3) is 1.84. The zero-order valence-corrected chi connectivity index (χ0v) is 8.24. The molecule has 0 saturated carbocycles. The van der Waals surface area contributed by atoms with Crippen molar-refractivity contribution in [3.05, 3.63) is 28.3 Å². The monoisotopic (exact) mass is 223 g/mol. The second-order valence-electron chi connectivity index (χ2n) is 3.47. The van der Waals surface area contributed by atoms with Crippen molar-refractivity contribution in [3.8, 4) is 0 Å². The number of aliphatic hydroxyl groups excluding tert-OH is 1. The molecule has 0 radical (unpaired) electrons. The lowest BCUT2D eigenvalue weighted by Gasteiger charge is -2.10. The van der Waals surface area contributed by atoms with Gasteiger partial charge in [-0.25, -0.2) is 0 Å². The first-order valence-electron chi connectivity index (χ1n) is 4.68. The van der Waals surface area contributed by atoms with Gasteiger partial charge in [-0.2, -0.15) is 0 Å². The predicted molar refractivity (Wildman–Crippen MR) is 53.9 cm³/mol. The number of carbonyl (C=O) groups is 1. The first kappa shape index (κ1) is 10.5. The molecule has 1 atom stereocenters. The summed E-state index contributed by atoms with van der Waals surface area (Å²) >= 11 is 0. The Morgan fingerprint density at radius 3 is 2.88 bits per heavy atom. The van der Waals surface area contributed by atoms with E-state index in [1.54, 1.807) is 0 Å². The summed E-state index contributed by atoms with van der Waals surface area (Å²) in [5, 5.41) is 19.8. The molecule has 1 unspecified atom stereocenters. The molecule has 0 aromatic carbocycles. The predicted octanol–water partition coefficient (Wildman–Crippen LogP) is 0.0874. The van der Waals surface area contributed by atoms with Gasteiger partial charge in [0.2, 0.25) is 11.7 Å². The van der Waals surface area contributed by atoms with E-state index in [-0.39, 0.29) is 30.5 Å². The molecule has 0 bridgehead atoms. The van der Waals surface area contributed by atoms with Crippen LogP contribution >= 0.6 is 0 Å². The number of pyridine rings is 1. The molecule has 84 valence electrons. The number of nitrogens with zero attached hydrogens (tertiary/aromatic N) is 3. The molecule has 2 heterocycles. The van der Waals surface area contributed by atoms with E-state index in [2.05, 4.69) is 4.98 Å². The summed E-state index contributed by atoms with van der Waals surface area (Å²) in [4.78, 5) is 26.3. The fourth-order valence-electron chi connectivity index (χ4n) is 1.57. The maximum atomic E-state index is 11.4. The van der Waals surface area contributed by atoms with Gasteiger partial charge < -0.3 is 15.2 Å². The molecule has 7 nitrogen and oxygen atoms in total. The fraction of sp³-hybridized carbons (Fsp3) is 0.333. The standard InChI is InChI=1S/C9H9N3O4/c13-6-4-9(14)11(5-6)7-2-1-3-8(10-7)12(15)16/h1-3,6,13H,4-5H2. The van der Waals surface area contributed by atoms with Crippen molar-refractivity contribution in [3.63, 3.8) is 0 Å². The van der Waals surface area contributed by atoms with Gasteiger partial charge in [-0.05, 0) is 16.0 Å². The normalized spacial score (nSPS) is 20.2. The molecule has 16 heavy (non-hydrogen) atoms. The van der Waals surface area contributed by atoms with Crippen molar-refractivity contribution in [1.29, 1.82) is 0 Å². The van der Waals surface area contributed by atoms with E-state index in [1.807, 2.05) is 0 Å². The summed E-state index contributed by atoms with van der Waals surface area (Å²) in [6.45, 7) is 0.132. The average Bonchev–Trinajstić information content (AvgIpc) is 2.58. The summed E-state index contributed by atoms with van der Waals surface area (Å²) in [6, 6.07) is 4.21. The molecular formula is C9H9N3O4. The molecule has 1 N–H and O–H groups in total. The van der Waals surface area contributed by atoms with Crippen molar-refractivity contribution in [1.82, 2.24) is 4.98 Å². The van der Waals surface area contributed by atoms with Crippen molar-refractivity contribution in [2.45, 2.75) is 12.5 Å². The SMILES string of the molecule is O=C1CC(O)CN1c1cccc([N+](=O)[O-])n1. The van der Waals surface area contributed by atoms with Crippen LogP contribution in [-0.2, 0) is 4.79 Å². The second kappa shape index (κ2) is 3.86. The van der Waals surface area contributed by atoms with E-state index in [0.29, 0.717) is 0 Å². The van der Waals surface area contributed by atoms with Crippen molar-refractivity contribution < 1.29 is 14.8 Å². The third-order valence-electron chi connectivity index (χ3n) is 2.29. The summed E-state index contributed by atoms with van der Waals surface area (Å²) in [5.41, 5.74) is 0. The van der Waals surface area contributed by atoms with E-state index in [4.69, 9.17) is 0 Å². The van der Waals surface area contributed by atoms with Crippen LogP contribution in [0.2, 0.25) is 0 Å². The number of nitro groups is 1. The molecule has 1 aromatic rings. The Balaban J connectivity index is 2.30. The van der Waals surface area contributed by atoms with Gasteiger partial charge in [-0.15, -0.1) is 0 Å². The van der Waals surface area contributed by atoms with Gasteiger partial charge in [-0.1, -0.05) is 0 Å². The van der Waals surface area contributed by atoms with Crippen LogP contribution in [0.15, 0.2) is 18.2 Å². The Bertz CT molecular complexity index is 448. The maximum absolute atomic E-state index is 11.4. The Labute approximate surface area is 90.5 Å². The third-order valence-corrected chi connectivity index (χ3v) is 2.29. The minimum Gasteiger partial charge on any atom is -0.391 e. The number of aromatic nitrogens is 1. The van der Waals surface area contributed by atoms with Gasteiger partial charge in [0.1, 0.15) is 0 Å². The van der Waals surface area contributed by atoms with Crippen LogP contribution in [0.1, 0.15) is 6.42 Å². The summed E-state index contributed by atoms with van der Waals surface area (Å²) in [6.07, 6.45) is -0.696. The number of hydrogen-bond acceptors (Lipinski definition) is 5. The number of carbonyl (C=O) groups excluding carboxylic acids is 1. The van der Waals surface area contributed by atoms with Gasteiger partial charge in [0, 0.05) is 12.1 Å². The quantitative estimate of drug-likeness (QED) is 0.566. The zero-order chi connectivity index (χ0) is 11.7. The smallest absolute Gasteiger partial charge is 0.365 e. The van der Waals surface area contributed by atoms with Crippen LogP contribution in [0.4, 0.5) is 11.6 Å². The molecule has 1 aliphatic heterocycles. The summed E-state index contributed by atoms with van der Waals surface area (Å²) in [5.74, 6) is -0.386. The lowest BCUT2D eigenvalue weighted by molar-refractivity contribution is -0.389. The van der Waals surface area contributed by atoms with Gasteiger partial charge in [-0.3, -0.25) is 9.69 Å². The molecule has 1 fully saturated rings. The maximum Gasteiger partial charge on any atom is 0.365 e. The molecular weight excluding hydrogens is 214 g/mol. The second-order valence-corrected chi connectivity index (χ2v) is 3.47. The Hall–Kier alpha value is -2.02. The average molecular weight is 223 g/mol. The van der Waals surface area contributed by atoms with Crippen LogP contribution in [0.25, 0.3) is 0 Å². The number of rotatable bonds is 2. The van der Waals surface area contributed by atoms with E-state index in [0.717, 1.165) is 0 Å². The number of aliphatic hydroxyl groups is 1. The van der Waals surface area contributed by atoms with Gasteiger partial charge in [0.25, 0.3) is 0 Å². The van der Waals surface area contributed by atoms with Gasteiger partial charge in [0.15, 0.2) is 0 Å². The Morgan fingerprint density at radius 2 is 2.31 bits per heavy atom. The number of β-amino-alcohol motifs (C(OH)–C–C–N with tert-alkyl or cyclic N) is 1. The topological polar surface area (TPSA) is 96.6 Å². The van der Waals surface area contributed by atoms with Gasteiger partial charge in [0.05, 0.1) is 19.1 Å². The highest BCUT2D eigenvalue weighted by atomic mass is 16.6. The highest BCUT2D eigenvalue weighted by Crippen LogP contribution is 2.21. The van der Waals surface area contributed by atoms with Crippen LogP contribution in [0.5, 0.6) is 0 Å². The fourth-order valence-corrected chi connectivity index (χ4v) is 1.57. The van der Waals surface area contributed by atoms with Crippen LogP contribution < -0.4 is 4.90 Å². The van der Waals surface area contributed by atoms with E-state index < -0.39 is 11.0 Å². The van der Waals surface area contributed by atoms with Crippen LogP contribution in [-0.4, -0.2) is 33.6 Å². The molecule has 7 heteroatoms. The van der Waals surface area contributed by atoms with Gasteiger partial charge >= 0.3 is 5.82 Å². The minimum absolute atomic E-state index is 0.0321. The first-order valence-corrected chi connectivity index (χ1v) is 4.68. The van der Waals surface area contributed by atoms with Crippen LogP contribution in [0.3, 0.4) is 0 Å². The molecule has 0 spiro atoms. The lowest BCUT2D eigenvalue weighted by atomic mass is 10.3. The Kier molecular flexibility index (Phi) is 2.53. The molecule has 1 aliphatic rings. The van der Waals surface area contributed by atoms with E-state index >= 15 is 0 Å². The zero-order valence-electron chi connectivity index (χ0n) is 8.24. The summed E-state index contributed by atoms with van der Waals surface area (Å²) in [7, 11) is 0. The van der Waals surface area contributed by atoms with E-state index in [1.165, 1.54) is 23.1 Å². The first-order chi connectivity index (χ1) is 7.58. The number of hydrogen-bond donors (Lipinski definition) is 1. The van der Waals surface area contributed by atoms with Crippen molar-refractivity contribution in [2.24, 2.45) is 0 Å². The number of anilines is 1. The molecule has 1 amide bonds. The van der Waals surface area contributed by atoms with Crippen LogP contribution in [0, 0.1) is 10.1 Å². The minimum atomic E-state index is -0.728. The van der Waals surface area contributed by atoms with E-state index in [9.17, 15) is 20.0 Å². The molecule has 2 rings (SSSR count). The Morgan fingerprint density at radius 1 is 1.56 bits per heavy atom. The van der Waals surface area contributed by atoms with Crippen molar-refractivity contribution >= 4 is 17.5 Å².